The third-order valence-electron chi connectivity index (χ3n) is 3.04. The monoisotopic (exact) mass is 282 g/mol. The van der Waals surface area contributed by atoms with Gasteiger partial charge in [0.1, 0.15) is 6.61 Å². The minimum atomic E-state index is -0.926. The zero-order chi connectivity index (χ0) is 14.0. The van der Waals surface area contributed by atoms with Gasteiger partial charge in [0.25, 0.3) is 0 Å². The summed E-state index contributed by atoms with van der Waals surface area (Å²) in [6.45, 7) is 3.85. The van der Waals surface area contributed by atoms with Crippen LogP contribution < -0.4 is 0 Å². The Morgan fingerprint density at radius 1 is 1.42 bits per heavy atom. The summed E-state index contributed by atoms with van der Waals surface area (Å²) in [4.78, 5) is 23.5. The summed E-state index contributed by atoms with van der Waals surface area (Å²) < 4.78 is 10.1. The van der Waals surface area contributed by atoms with Crippen molar-refractivity contribution in [3.63, 3.8) is 0 Å². The topological polar surface area (TPSA) is 52.6 Å². The number of halogens is 1. The standard InChI is InChI=1S/C14H15ClO4/c1-14(2)8-18-13(17)11(14)19-12(16)10(15)9-6-4-3-5-7-9/h3-7,10-11H,8H2,1-2H3/t10-,11-/m0/s1. The Morgan fingerprint density at radius 3 is 2.58 bits per heavy atom. The first kappa shape index (κ1) is 13.9. The quantitative estimate of drug-likeness (QED) is 0.631. The van der Waals surface area contributed by atoms with E-state index < -0.39 is 28.8 Å². The smallest absolute Gasteiger partial charge is 0.348 e. The Hall–Kier alpha value is -1.55. The summed E-state index contributed by atoms with van der Waals surface area (Å²) in [6.07, 6.45) is -0.898. The van der Waals surface area contributed by atoms with Crippen LogP contribution in [-0.2, 0) is 19.1 Å². The fourth-order valence-corrected chi connectivity index (χ4v) is 2.07. The van der Waals surface area contributed by atoms with Crippen LogP contribution in [0.15, 0.2) is 30.3 Å². The fourth-order valence-electron chi connectivity index (χ4n) is 1.87. The molecular formula is C14H15ClO4. The lowest BCUT2D eigenvalue weighted by atomic mass is 9.90. The van der Waals surface area contributed by atoms with Gasteiger partial charge in [-0.15, -0.1) is 11.6 Å². The maximum Gasteiger partial charge on any atom is 0.348 e. The van der Waals surface area contributed by atoms with Crippen LogP contribution in [0.2, 0.25) is 0 Å². The van der Waals surface area contributed by atoms with Gasteiger partial charge in [0.15, 0.2) is 5.38 Å². The number of rotatable bonds is 3. The van der Waals surface area contributed by atoms with Crippen LogP contribution in [0.25, 0.3) is 0 Å². The second kappa shape index (κ2) is 5.21. The summed E-state index contributed by atoms with van der Waals surface area (Å²) in [5, 5.41) is -0.926. The second-order valence-electron chi connectivity index (χ2n) is 5.19. The van der Waals surface area contributed by atoms with Crippen molar-refractivity contribution in [2.24, 2.45) is 5.41 Å². The molecule has 4 nitrogen and oxygen atoms in total. The maximum atomic E-state index is 12.0. The minimum absolute atomic E-state index is 0.238. The molecule has 0 radical (unpaired) electrons. The number of carbonyl (C=O) groups excluding carboxylic acids is 2. The van der Waals surface area contributed by atoms with E-state index in [4.69, 9.17) is 21.1 Å². The number of ether oxygens (including phenoxy) is 2. The fraction of sp³-hybridized carbons (Fsp3) is 0.429. The van der Waals surface area contributed by atoms with Crippen LogP contribution >= 0.6 is 11.6 Å². The number of alkyl halides is 1. The third-order valence-corrected chi connectivity index (χ3v) is 3.47. The lowest BCUT2D eigenvalue weighted by Crippen LogP contribution is -2.35. The van der Waals surface area contributed by atoms with Gasteiger partial charge in [0, 0.05) is 5.41 Å². The van der Waals surface area contributed by atoms with Crippen molar-refractivity contribution >= 4 is 23.5 Å². The van der Waals surface area contributed by atoms with Gasteiger partial charge in [0.05, 0.1) is 0 Å². The Kier molecular flexibility index (Phi) is 3.80. The van der Waals surface area contributed by atoms with Gasteiger partial charge in [-0.25, -0.2) is 4.79 Å². The molecule has 0 aliphatic carbocycles. The van der Waals surface area contributed by atoms with Crippen LogP contribution in [0.4, 0.5) is 0 Å². The van der Waals surface area contributed by atoms with Crippen LogP contribution in [0, 0.1) is 5.41 Å². The van der Waals surface area contributed by atoms with E-state index in [1.54, 1.807) is 24.3 Å². The van der Waals surface area contributed by atoms with Crippen molar-refractivity contribution in [1.82, 2.24) is 0 Å². The van der Waals surface area contributed by atoms with Gasteiger partial charge in [-0.3, -0.25) is 4.79 Å². The molecule has 0 N–H and O–H groups in total. The maximum absolute atomic E-state index is 12.0. The van der Waals surface area contributed by atoms with Crippen LogP contribution in [-0.4, -0.2) is 24.6 Å². The van der Waals surface area contributed by atoms with Crippen molar-refractivity contribution in [1.29, 1.82) is 0 Å². The van der Waals surface area contributed by atoms with Crippen LogP contribution in [0.3, 0.4) is 0 Å². The first-order valence-corrected chi connectivity index (χ1v) is 6.41. The second-order valence-corrected chi connectivity index (χ2v) is 5.62. The molecule has 0 aromatic heterocycles. The van der Waals surface area contributed by atoms with E-state index in [0.29, 0.717) is 5.56 Å². The van der Waals surface area contributed by atoms with E-state index in [-0.39, 0.29) is 6.61 Å². The highest BCUT2D eigenvalue weighted by Gasteiger charge is 2.47. The largest absolute Gasteiger partial charge is 0.462 e. The first-order valence-electron chi connectivity index (χ1n) is 5.98. The molecule has 1 aliphatic rings. The SMILES string of the molecule is CC1(C)COC(=O)[C@@H]1OC(=O)[C@@H](Cl)c1ccccc1. The van der Waals surface area contributed by atoms with Crippen molar-refractivity contribution in [2.75, 3.05) is 6.61 Å². The molecule has 0 amide bonds. The molecule has 0 spiro atoms. The van der Waals surface area contributed by atoms with E-state index in [9.17, 15) is 9.59 Å². The zero-order valence-electron chi connectivity index (χ0n) is 10.8. The van der Waals surface area contributed by atoms with Crippen LogP contribution in [0.1, 0.15) is 24.8 Å². The minimum Gasteiger partial charge on any atom is -0.462 e. The Balaban J connectivity index is 2.07. The predicted octanol–water partition coefficient (Wildman–Crippen LogP) is 2.46. The molecule has 5 heteroatoms. The summed E-state index contributed by atoms with van der Waals surface area (Å²) in [6, 6.07) is 8.86. The van der Waals surface area contributed by atoms with E-state index in [1.165, 1.54) is 0 Å². The highest BCUT2D eigenvalue weighted by atomic mass is 35.5. The first-order chi connectivity index (χ1) is 8.92. The molecule has 2 atom stereocenters. The van der Waals surface area contributed by atoms with E-state index in [0.717, 1.165) is 0 Å². The summed E-state index contributed by atoms with van der Waals surface area (Å²) in [5.74, 6) is -1.15. The molecule has 102 valence electrons. The molecule has 1 heterocycles. The Morgan fingerprint density at radius 2 is 2.05 bits per heavy atom. The lowest BCUT2D eigenvalue weighted by molar-refractivity contribution is -0.162. The lowest BCUT2D eigenvalue weighted by Gasteiger charge is -2.22. The highest BCUT2D eigenvalue weighted by molar-refractivity contribution is 6.30. The van der Waals surface area contributed by atoms with E-state index in [1.807, 2.05) is 19.9 Å². The van der Waals surface area contributed by atoms with Gasteiger partial charge in [0.2, 0.25) is 6.10 Å². The van der Waals surface area contributed by atoms with Gasteiger partial charge in [-0.2, -0.15) is 0 Å². The molecule has 1 aliphatic heterocycles. The molecule has 2 rings (SSSR count). The number of cyclic esters (lactones) is 1. The molecule has 19 heavy (non-hydrogen) atoms. The molecule has 0 saturated carbocycles. The number of benzene rings is 1. The number of hydrogen-bond donors (Lipinski definition) is 0. The van der Waals surface area contributed by atoms with Gasteiger partial charge < -0.3 is 9.47 Å². The normalized spacial score (nSPS) is 22.7. The molecular weight excluding hydrogens is 268 g/mol. The summed E-state index contributed by atoms with van der Waals surface area (Å²) >= 11 is 6.05. The Labute approximate surface area is 116 Å². The number of carbonyl (C=O) groups is 2. The van der Waals surface area contributed by atoms with Gasteiger partial charge in [-0.1, -0.05) is 44.2 Å². The zero-order valence-corrected chi connectivity index (χ0v) is 11.5. The average Bonchev–Trinajstić information content (AvgIpc) is 2.65. The number of hydrogen-bond acceptors (Lipinski definition) is 4. The predicted molar refractivity (Wildman–Crippen MR) is 69.7 cm³/mol. The summed E-state index contributed by atoms with van der Waals surface area (Å²) in [5.41, 5.74) is 0.110. The van der Waals surface area contributed by atoms with Crippen molar-refractivity contribution in [3.8, 4) is 0 Å². The van der Waals surface area contributed by atoms with E-state index in [2.05, 4.69) is 0 Å². The Bertz CT molecular complexity index is 483. The highest BCUT2D eigenvalue weighted by Crippen LogP contribution is 2.33. The average molecular weight is 283 g/mol. The molecule has 0 unspecified atom stereocenters. The van der Waals surface area contributed by atoms with Crippen molar-refractivity contribution in [2.45, 2.75) is 25.3 Å². The molecule has 0 bridgehead atoms. The summed E-state index contributed by atoms with van der Waals surface area (Å²) in [7, 11) is 0. The number of esters is 2. The van der Waals surface area contributed by atoms with E-state index >= 15 is 0 Å². The van der Waals surface area contributed by atoms with Crippen LogP contribution in [0.5, 0.6) is 0 Å². The van der Waals surface area contributed by atoms with Gasteiger partial charge >= 0.3 is 11.9 Å². The van der Waals surface area contributed by atoms with Crippen molar-refractivity contribution in [3.05, 3.63) is 35.9 Å². The van der Waals surface area contributed by atoms with Gasteiger partial charge in [-0.05, 0) is 5.56 Å². The molecule has 1 aromatic carbocycles. The van der Waals surface area contributed by atoms with Crippen molar-refractivity contribution < 1.29 is 19.1 Å². The molecule has 1 aromatic rings. The molecule has 1 saturated heterocycles. The molecule has 1 fully saturated rings. The third kappa shape index (κ3) is 2.89.